The zero-order valence-electron chi connectivity index (χ0n) is 12.1. The van der Waals surface area contributed by atoms with E-state index in [1.165, 1.54) is 11.3 Å². The molecule has 114 valence electrons. The van der Waals surface area contributed by atoms with Crippen molar-refractivity contribution in [2.24, 2.45) is 0 Å². The van der Waals surface area contributed by atoms with E-state index < -0.39 is 10.0 Å². The molecule has 0 saturated carbocycles. The predicted molar refractivity (Wildman–Crippen MR) is 84.7 cm³/mol. The minimum atomic E-state index is -3.53. The van der Waals surface area contributed by atoms with Gasteiger partial charge in [0, 0.05) is 18.1 Å². The number of benzene rings is 1. The Morgan fingerprint density at radius 3 is 2.71 bits per heavy atom. The first-order valence-electron chi connectivity index (χ1n) is 6.71. The van der Waals surface area contributed by atoms with Gasteiger partial charge in [0.2, 0.25) is 10.0 Å². The van der Waals surface area contributed by atoms with Gasteiger partial charge >= 0.3 is 0 Å². The topological polar surface area (TPSA) is 71.1 Å². The van der Waals surface area contributed by atoms with E-state index in [1.54, 1.807) is 12.3 Å². The van der Waals surface area contributed by atoms with Gasteiger partial charge in [-0.2, -0.15) is 0 Å². The number of aromatic nitrogens is 1. The average molecular weight is 325 g/mol. The molecule has 7 heteroatoms. The van der Waals surface area contributed by atoms with Crippen molar-refractivity contribution in [2.45, 2.75) is 31.3 Å². The van der Waals surface area contributed by atoms with Gasteiger partial charge in [-0.15, -0.1) is 11.3 Å². The summed E-state index contributed by atoms with van der Waals surface area (Å²) in [6, 6.07) is 5.57. The summed E-state index contributed by atoms with van der Waals surface area (Å²) in [5.74, 6) is 0. The van der Waals surface area contributed by atoms with E-state index >= 15 is 0 Å². The Morgan fingerprint density at radius 1 is 1.29 bits per heavy atom. The molecule has 2 rings (SSSR count). The first-order chi connectivity index (χ1) is 10.1. The van der Waals surface area contributed by atoms with E-state index in [1.807, 2.05) is 31.5 Å². The van der Waals surface area contributed by atoms with Crippen LogP contribution in [0.1, 0.15) is 23.1 Å². The molecule has 0 aliphatic carbocycles. The molecule has 5 nitrogen and oxygen atoms in total. The lowest BCUT2D eigenvalue weighted by Crippen LogP contribution is -2.24. The minimum absolute atomic E-state index is 0.222. The maximum atomic E-state index is 12.5. The quantitative estimate of drug-likeness (QED) is 0.816. The molecule has 1 aromatic heterocycles. The maximum Gasteiger partial charge on any atom is 0.241 e. The number of hydrogen-bond acceptors (Lipinski definition) is 5. The SMILES string of the molecule is CCc1ccc(CNC)cc1S(=O)(=O)NCc1nccs1. The van der Waals surface area contributed by atoms with E-state index in [0.717, 1.165) is 16.1 Å². The van der Waals surface area contributed by atoms with Gasteiger partial charge in [-0.05, 0) is 30.7 Å². The van der Waals surface area contributed by atoms with Crippen LogP contribution in [0.15, 0.2) is 34.7 Å². The van der Waals surface area contributed by atoms with E-state index in [-0.39, 0.29) is 6.54 Å². The Bertz CT molecular complexity index is 682. The summed E-state index contributed by atoms with van der Waals surface area (Å²) >= 11 is 1.43. The lowest BCUT2D eigenvalue weighted by molar-refractivity contribution is 0.579. The van der Waals surface area contributed by atoms with Crippen molar-refractivity contribution in [3.8, 4) is 0 Å². The highest BCUT2D eigenvalue weighted by Crippen LogP contribution is 2.19. The third-order valence-electron chi connectivity index (χ3n) is 3.08. The molecule has 0 radical (unpaired) electrons. The van der Waals surface area contributed by atoms with Crippen molar-refractivity contribution in [1.82, 2.24) is 15.0 Å². The molecule has 0 amide bonds. The number of rotatable bonds is 7. The van der Waals surface area contributed by atoms with Crippen LogP contribution in [0.3, 0.4) is 0 Å². The van der Waals surface area contributed by atoms with Crippen LogP contribution in [0.25, 0.3) is 0 Å². The highest BCUT2D eigenvalue weighted by molar-refractivity contribution is 7.89. The lowest BCUT2D eigenvalue weighted by Gasteiger charge is -2.12. The number of aryl methyl sites for hydroxylation is 1. The summed E-state index contributed by atoms with van der Waals surface area (Å²) in [5.41, 5.74) is 1.77. The van der Waals surface area contributed by atoms with Gasteiger partial charge in [-0.25, -0.2) is 18.1 Å². The van der Waals surface area contributed by atoms with Crippen molar-refractivity contribution in [1.29, 1.82) is 0 Å². The number of nitrogens with zero attached hydrogens (tertiary/aromatic N) is 1. The molecule has 2 aromatic rings. The Labute approximate surface area is 129 Å². The summed E-state index contributed by atoms with van der Waals surface area (Å²) in [6.07, 6.45) is 2.34. The third-order valence-corrected chi connectivity index (χ3v) is 5.34. The Kier molecular flexibility index (Phi) is 5.46. The molecule has 0 aliphatic heterocycles. The molecule has 0 atom stereocenters. The van der Waals surface area contributed by atoms with Crippen molar-refractivity contribution in [3.05, 3.63) is 45.9 Å². The lowest BCUT2D eigenvalue weighted by atomic mass is 10.1. The summed E-state index contributed by atoms with van der Waals surface area (Å²) in [4.78, 5) is 4.44. The number of sulfonamides is 1. The molecule has 1 aromatic carbocycles. The predicted octanol–water partition coefficient (Wildman–Crippen LogP) is 1.90. The van der Waals surface area contributed by atoms with Crippen LogP contribution in [-0.2, 0) is 29.5 Å². The molecule has 0 fully saturated rings. The number of thiazole rings is 1. The second kappa shape index (κ2) is 7.13. The average Bonchev–Trinajstić information content (AvgIpc) is 2.99. The number of hydrogen-bond donors (Lipinski definition) is 2. The fraction of sp³-hybridized carbons (Fsp3) is 0.357. The third kappa shape index (κ3) is 4.10. The highest BCUT2D eigenvalue weighted by Gasteiger charge is 2.18. The molecule has 2 N–H and O–H groups in total. The van der Waals surface area contributed by atoms with E-state index in [9.17, 15) is 8.42 Å². The summed E-state index contributed by atoms with van der Waals surface area (Å²) < 4.78 is 27.6. The Morgan fingerprint density at radius 2 is 2.10 bits per heavy atom. The fourth-order valence-electron chi connectivity index (χ4n) is 2.03. The van der Waals surface area contributed by atoms with Crippen LogP contribution >= 0.6 is 11.3 Å². The van der Waals surface area contributed by atoms with Crippen LogP contribution in [0, 0.1) is 0 Å². The van der Waals surface area contributed by atoms with Gasteiger partial charge in [0.1, 0.15) is 5.01 Å². The summed E-state index contributed by atoms with van der Waals surface area (Å²) in [5, 5.41) is 5.61. The van der Waals surface area contributed by atoms with Crippen molar-refractivity contribution in [3.63, 3.8) is 0 Å². The van der Waals surface area contributed by atoms with Crippen molar-refractivity contribution in [2.75, 3.05) is 7.05 Å². The van der Waals surface area contributed by atoms with E-state index in [4.69, 9.17) is 0 Å². The molecule has 0 unspecified atom stereocenters. The van der Waals surface area contributed by atoms with Crippen LogP contribution in [0.2, 0.25) is 0 Å². The van der Waals surface area contributed by atoms with Gasteiger partial charge < -0.3 is 5.32 Å². The highest BCUT2D eigenvalue weighted by atomic mass is 32.2. The van der Waals surface area contributed by atoms with E-state index in [2.05, 4.69) is 15.0 Å². The van der Waals surface area contributed by atoms with Gasteiger partial charge in [0.25, 0.3) is 0 Å². The second-order valence-electron chi connectivity index (χ2n) is 4.58. The molecular formula is C14H19N3O2S2. The maximum absolute atomic E-state index is 12.5. The fourth-order valence-corrected chi connectivity index (χ4v) is 4.02. The number of nitrogens with one attached hydrogen (secondary N) is 2. The molecule has 0 spiro atoms. The largest absolute Gasteiger partial charge is 0.316 e. The molecule has 0 saturated heterocycles. The zero-order valence-corrected chi connectivity index (χ0v) is 13.7. The first kappa shape index (κ1) is 16.1. The molecule has 0 aliphatic rings. The normalized spacial score (nSPS) is 11.7. The Hall–Kier alpha value is -1.28. The van der Waals surface area contributed by atoms with Crippen LogP contribution in [-0.4, -0.2) is 20.4 Å². The smallest absolute Gasteiger partial charge is 0.241 e. The van der Waals surface area contributed by atoms with Crippen LogP contribution in [0.5, 0.6) is 0 Å². The summed E-state index contributed by atoms with van der Waals surface area (Å²) in [6.45, 7) is 2.81. The molecule has 1 heterocycles. The molecule has 0 bridgehead atoms. The zero-order chi connectivity index (χ0) is 15.3. The second-order valence-corrected chi connectivity index (χ2v) is 7.29. The van der Waals surface area contributed by atoms with Gasteiger partial charge in [-0.3, -0.25) is 0 Å². The first-order valence-corrected chi connectivity index (χ1v) is 9.07. The minimum Gasteiger partial charge on any atom is -0.316 e. The van der Waals surface area contributed by atoms with E-state index in [0.29, 0.717) is 17.9 Å². The van der Waals surface area contributed by atoms with Gasteiger partial charge in [0.15, 0.2) is 0 Å². The monoisotopic (exact) mass is 325 g/mol. The van der Waals surface area contributed by atoms with Crippen LogP contribution in [0.4, 0.5) is 0 Å². The van der Waals surface area contributed by atoms with Gasteiger partial charge in [-0.1, -0.05) is 19.1 Å². The summed E-state index contributed by atoms with van der Waals surface area (Å²) in [7, 11) is -1.70. The van der Waals surface area contributed by atoms with Crippen LogP contribution < -0.4 is 10.0 Å². The molecular weight excluding hydrogens is 306 g/mol. The Balaban J connectivity index is 2.26. The van der Waals surface area contributed by atoms with Crippen molar-refractivity contribution >= 4 is 21.4 Å². The van der Waals surface area contributed by atoms with Gasteiger partial charge in [0.05, 0.1) is 11.4 Å². The van der Waals surface area contributed by atoms with Crippen molar-refractivity contribution < 1.29 is 8.42 Å². The standard InChI is InChI=1S/C14H19N3O2S2/c1-3-12-5-4-11(9-15-2)8-13(12)21(18,19)17-10-14-16-6-7-20-14/h4-8,15,17H,3,9-10H2,1-2H3. The molecule has 21 heavy (non-hydrogen) atoms.